The summed E-state index contributed by atoms with van der Waals surface area (Å²) >= 11 is 0. The molecule has 0 N–H and O–H groups in total. The Kier molecular flexibility index (Phi) is 4.65. The van der Waals surface area contributed by atoms with E-state index in [4.69, 9.17) is 4.98 Å². The molecule has 0 aliphatic heterocycles. The number of hydrogen-bond acceptors (Lipinski definition) is 3. The van der Waals surface area contributed by atoms with Gasteiger partial charge < -0.3 is 4.90 Å². The number of benzene rings is 2. The first-order valence-corrected chi connectivity index (χ1v) is 8.37. The lowest BCUT2D eigenvalue weighted by Gasteiger charge is -2.26. The first-order valence-electron chi connectivity index (χ1n) is 8.37. The van der Waals surface area contributed by atoms with Crippen molar-refractivity contribution in [2.45, 2.75) is 26.3 Å². The van der Waals surface area contributed by atoms with Gasteiger partial charge in [0.1, 0.15) is 5.82 Å². The number of para-hydroxylation sites is 2. The van der Waals surface area contributed by atoms with Crippen LogP contribution < -0.4 is 5.56 Å². The Labute approximate surface area is 146 Å². The van der Waals surface area contributed by atoms with E-state index in [1.807, 2.05) is 62.4 Å². The number of carbonyl (C=O) groups excluding carboxylic acids is 1. The van der Waals surface area contributed by atoms with Crippen LogP contribution in [0.2, 0.25) is 0 Å². The van der Waals surface area contributed by atoms with Gasteiger partial charge in [-0.3, -0.25) is 14.2 Å². The zero-order valence-electron chi connectivity index (χ0n) is 14.6. The maximum absolute atomic E-state index is 13.1. The number of nitrogens with zero attached hydrogens (tertiary/aromatic N) is 3. The number of rotatable bonds is 4. The smallest absolute Gasteiger partial charge is 0.266 e. The molecule has 5 heteroatoms. The monoisotopic (exact) mass is 335 g/mol. The molecule has 0 radical (unpaired) electrons. The molecule has 0 fully saturated rings. The summed E-state index contributed by atoms with van der Waals surface area (Å²) in [5.41, 5.74) is 1.25. The number of amides is 1. The van der Waals surface area contributed by atoms with Crippen molar-refractivity contribution in [2.75, 3.05) is 7.05 Å². The van der Waals surface area contributed by atoms with Crippen molar-refractivity contribution in [3.8, 4) is 5.69 Å². The molecular formula is C20H21N3O2. The average molecular weight is 335 g/mol. The van der Waals surface area contributed by atoms with E-state index in [9.17, 15) is 9.59 Å². The molecule has 1 unspecified atom stereocenters. The summed E-state index contributed by atoms with van der Waals surface area (Å²) in [7, 11) is 1.74. The highest BCUT2D eigenvalue weighted by Gasteiger charge is 2.23. The summed E-state index contributed by atoms with van der Waals surface area (Å²) in [5.74, 6) is 0.564. The summed E-state index contributed by atoms with van der Waals surface area (Å²) in [5, 5.41) is 0.562. The lowest BCUT2D eigenvalue weighted by molar-refractivity contribution is -0.131. The third-order valence-corrected chi connectivity index (χ3v) is 4.47. The van der Waals surface area contributed by atoms with Crippen LogP contribution in [0.4, 0.5) is 0 Å². The third-order valence-electron chi connectivity index (χ3n) is 4.47. The van der Waals surface area contributed by atoms with Crippen molar-refractivity contribution < 1.29 is 4.79 Å². The Morgan fingerprint density at radius 1 is 1.12 bits per heavy atom. The van der Waals surface area contributed by atoms with Crippen LogP contribution in [-0.4, -0.2) is 27.4 Å². The first-order chi connectivity index (χ1) is 12.0. The summed E-state index contributed by atoms with van der Waals surface area (Å²) in [4.78, 5) is 31.6. The number of fused-ring (bicyclic) bond motifs is 1. The molecule has 128 valence electrons. The third kappa shape index (κ3) is 3.05. The Morgan fingerprint density at radius 2 is 1.76 bits per heavy atom. The maximum atomic E-state index is 13.1. The van der Waals surface area contributed by atoms with Crippen molar-refractivity contribution in [3.63, 3.8) is 0 Å². The van der Waals surface area contributed by atoms with Gasteiger partial charge in [-0.25, -0.2) is 4.98 Å². The largest absolute Gasteiger partial charge is 0.336 e. The van der Waals surface area contributed by atoms with Crippen molar-refractivity contribution >= 4 is 16.8 Å². The molecule has 3 aromatic rings. The standard InChI is InChI=1S/C20H21N3O2/c1-4-18(24)22(3)14(2)19-21-17-13-9-8-12-16(17)20(25)23(19)15-10-6-5-7-11-15/h5-14H,4H2,1-3H3. The van der Waals surface area contributed by atoms with Crippen molar-refractivity contribution in [3.05, 3.63) is 70.8 Å². The molecule has 1 aromatic heterocycles. The van der Waals surface area contributed by atoms with Crippen LogP contribution in [-0.2, 0) is 4.79 Å². The molecule has 0 bridgehead atoms. The molecule has 3 rings (SSSR count). The van der Waals surface area contributed by atoms with Gasteiger partial charge in [0.2, 0.25) is 5.91 Å². The average Bonchev–Trinajstić information content (AvgIpc) is 2.66. The molecular weight excluding hydrogens is 314 g/mol. The van der Waals surface area contributed by atoms with Gasteiger partial charge in [0.15, 0.2) is 0 Å². The van der Waals surface area contributed by atoms with E-state index in [2.05, 4.69) is 0 Å². The van der Waals surface area contributed by atoms with E-state index in [1.54, 1.807) is 22.6 Å². The van der Waals surface area contributed by atoms with Crippen molar-refractivity contribution in [2.24, 2.45) is 0 Å². The van der Waals surface area contributed by atoms with Gasteiger partial charge in [-0.15, -0.1) is 0 Å². The molecule has 0 spiro atoms. The Balaban J connectivity index is 2.29. The highest BCUT2D eigenvalue weighted by atomic mass is 16.2. The van der Waals surface area contributed by atoms with Gasteiger partial charge in [0.25, 0.3) is 5.56 Å². The zero-order chi connectivity index (χ0) is 18.0. The van der Waals surface area contributed by atoms with Crippen LogP contribution in [0.5, 0.6) is 0 Å². The minimum Gasteiger partial charge on any atom is -0.336 e. The molecule has 0 aliphatic rings. The van der Waals surface area contributed by atoms with Crippen LogP contribution in [0.25, 0.3) is 16.6 Å². The van der Waals surface area contributed by atoms with Crippen molar-refractivity contribution in [1.29, 1.82) is 0 Å². The fourth-order valence-corrected chi connectivity index (χ4v) is 2.90. The van der Waals surface area contributed by atoms with Crippen LogP contribution in [0, 0.1) is 0 Å². The lowest BCUT2D eigenvalue weighted by Crippen LogP contribution is -2.34. The molecule has 1 amide bonds. The highest BCUT2D eigenvalue weighted by Crippen LogP contribution is 2.22. The normalized spacial score (nSPS) is 12.1. The van der Waals surface area contributed by atoms with E-state index in [-0.39, 0.29) is 17.5 Å². The second-order valence-electron chi connectivity index (χ2n) is 6.00. The van der Waals surface area contributed by atoms with Crippen LogP contribution >= 0.6 is 0 Å². The summed E-state index contributed by atoms with van der Waals surface area (Å²) < 4.78 is 1.60. The van der Waals surface area contributed by atoms with Gasteiger partial charge in [0.05, 0.1) is 22.6 Å². The lowest BCUT2D eigenvalue weighted by atomic mass is 10.2. The fraction of sp³-hybridized carbons (Fsp3) is 0.250. The SMILES string of the molecule is CCC(=O)N(C)C(C)c1nc2ccccc2c(=O)n1-c1ccccc1. The van der Waals surface area contributed by atoms with Gasteiger partial charge in [-0.1, -0.05) is 37.3 Å². The van der Waals surface area contributed by atoms with Crippen LogP contribution in [0.1, 0.15) is 32.1 Å². The predicted octanol–water partition coefficient (Wildman–Crippen LogP) is 3.32. The van der Waals surface area contributed by atoms with E-state index >= 15 is 0 Å². The summed E-state index contributed by atoms with van der Waals surface area (Å²) in [6.07, 6.45) is 0.407. The zero-order valence-corrected chi connectivity index (χ0v) is 14.6. The van der Waals surface area contributed by atoms with Gasteiger partial charge in [-0.05, 0) is 31.2 Å². The minimum absolute atomic E-state index is 0.00881. The van der Waals surface area contributed by atoms with Gasteiger partial charge in [0, 0.05) is 13.5 Å². The van der Waals surface area contributed by atoms with E-state index < -0.39 is 0 Å². The van der Waals surface area contributed by atoms with Gasteiger partial charge >= 0.3 is 0 Å². The van der Waals surface area contributed by atoms with Crippen LogP contribution in [0.15, 0.2) is 59.4 Å². The molecule has 0 aliphatic carbocycles. The van der Waals surface area contributed by atoms with Crippen molar-refractivity contribution in [1.82, 2.24) is 14.5 Å². The molecule has 1 atom stereocenters. The molecule has 2 aromatic carbocycles. The Bertz CT molecular complexity index is 964. The molecule has 25 heavy (non-hydrogen) atoms. The minimum atomic E-state index is -0.329. The molecule has 0 saturated heterocycles. The van der Waals surface area contributed by atoms with Crippen LogP contribution in [0.3, 0.4) is 0 Å². The second-order valence-corrected chi connectivity index (χ2v) is 6.00. The summed E-state index contributed by atoms with van der Waals surface area (Å²) in [6, 6.07) is 16.4. The predicted molar refractivity (Wildman–Crippen MR) is 98.8 cm³/mol. The quantitative estimate of drug-likeness (QED) is 0.735. The second kappa shape index (κ2) is 6.89. The maximum Gasteiger partial charge on any atom is 0.266 e. The van der Waals surface area contributed by atoms with E-state index in [1.165, 1.54) is 0 Å². The Morgan fingerprint density at radius 3 is 2.44 bits per heavy atom. The molecule has 0 saturated carbocycles. The molecule has 1 heterocycles. The highest BCUT2D eigenvalue weighted by molar-refractivity contribution is 5.78. The number of hydrogen-bond donors (Lipinski definition) is 0. The summed E-state index contributed by atoms with van der Waals surface area (Å²) in [6.45, 7) is 3.72. The van der Waals surface area contributed by atoms with Gasteiger partial charge in [-0.2, -0.15) is 0 Å². The number of carbonyl (C=O) groups is 1. The first kappa shape index (κ1) is 16.9. The Hall–Kier alpha value is -2.95. The fourth-order valence-electron chi connectivity index (χ4n) is 2.90. The van der Waals surface area contributed by atoms with E-state index in [0.29, 0.717) is 23.1 Å². The molecule has 5 nitrogen and oxygen atoms in total. The topological polar surface area (TPSA) is 55.2 Å². The van der Waals surface area contributed by atoms with E-state index in [0.717, 1.165) is 5.69 Å². The number of aromatic nitrogens is 2.